The number of benzene rings is 1. The quantitative estimate of drug-likeness (QED) is 0.890. The highest BCUT2D eigenvalue weighted by Gasteiger charge is 2.12. The van der Waals surface area contributed by atoms with Crippen molar-refractivity contribution in [3.05, 3.63) is 51.5 Å². The number of carbonyl (C=O) groups excluding carboxylic acids is 1. The number of carbonyl (C=O) groups is 2. The fourth-order valence-corrected chi connectivity index (χ4v) is 2.65. The van der Waals surface area contributed by atoms with Gasteiger partial charge in [-0.3, -0.25) is 4.79 Å². The Bertz CT molecular complexity index is 649. The summed E-state index contributed by atoms with van der Waals surface area (Å²) in [5.41, 5.74) is 1.60. The number of thiazole rings is 1. The molecule has 0 bridgehead atoms. The highest BCUT2D eigenvalue weighted by Crippen LogP contribution is 2.19. The van der Waals surface area contributed by atoms with Crippen LogP contribution in [0.2, 0.25) is 0 Å². The van der Waals surface area contributed by atoms with Crippen LogP contribution in [0.3, 0.4) is 0 Å². The van der Waals surface area contributed by atoms with Gasteiger partial charge < -0.3 is 10.4 Å². The van der Waals surface area contributed by atoms with Gasteiger partial charge in [0.1, 0.15) is 0 Å². The van der Waals surface area contributed by atoms with Crippen molar-refractivity contribution >= 4 is 23.2 Å². The maximum atomic E-state index is 12.0. The number of amides is 1. The van der Waals surface area contributed by atoms with Crippen molar-refractivity contribution in [2.75, 3.05) is 6.54 Å². The monoisotopic (exact) mass is 304 g/mol. The van der Waals surface area contributed by atoms with Crippen LogP contribution in [-0.2, 0) is 0 Å². The maximum Gasteiger partial charge on any atom is 0.335 e. The summed E-state index contributed by atoms with van der Waals surface area (Å²) < 4.78 is 0. The third kappa shape index (κ3) is 3.88. The van der Waals surface area contributed by atoms with E-state index in [1.807, 2.05) is 19.2 Å². The topological polar surface area (TPSA) is 79.3 Å². The van der Waals surface area contributed by atoms with Gasteiger partial charge in [-0.15, -0.1) is 11.3 Å². The molecule has 0 radical (unpaired) electrons. The summed E-state index contributed by atoms with van der Waals surface area (Å²) in [6, 6.07) is 5.86. The maximum absolute atomic E-state index is 12.0. The molecule has 2 rings (SSSR count). The minimum atomic E-state index is -1.00. The lowest BCUT2D eigenvalue weighted by atomic mass is 10.1. The molecule has 0 aliphatic carbocycles. The second-order valence-corrected chi connectivity index (χ2v) is 5.71. The summed E-state index contributed by atoms with van der Waals surface area (Å²) >= 11 is 1.58. The predicted octanol–water partition coefficient (Wildman–Crippen LogP) is 2.68. The third-order valence-electron chi connectivity index (χ3n) is 3.02. The summed E-state index contributed by atoms with van der Waals surface area (Å²) in [4.78, 5) is 27.1. The van der Waals surface area contributed by atoms with Crippen LogP contribution in [0.1, 0.15) is 44.3 Å². The lowest BCUT2D eigenvalue weighted by Crippen LogP contribution is -2.27. The Kier molecular flexibility index (Phi) is 4.70. The first-order chi connectivity index (χ1) is 9.97. The van der Waals surface area contributed by atoms with E-state index in [9.17, 15) is 9.59 Å². The van der Waals surface area contributed by atoms with Gasteiger partial charge in [0.25, 0.3) is 5.91 Å². The molecule has 110 valence electrons. The molecule has 0 saturated heterocycles. The van der Waals surface area contributed by atoms with E-state index in [1.165, 1.54) is 24.3 Å². The van der Waals surface area contributed by atoms with Crippen molar-refractivity contribution in [3.63, 3.8) is 0 Å². The first-order valence-electron chi connectivity index (χ1n) is 6.51. The zero-order valence-electron chi connectivity index (χ0n) is 11.8. The highest BCUT2D eigenvalue weighted by atomic mass is 32.1. The van der Waals surface area contributed by atoms with Gasteiger partial charge in [0.2, 0.25) is 0 Å². The average molecular weight is 304 g/mol. The zero-order chi connectivity index (χ0) is 15.4. The van der Waals surface area contributed by atoms with Crippen molar-refractivity contribution in [1.29, 1.82) is 0 Å². The molecule has 2 N–H and O–H groups in total. The van der Waals surface area contributed by atoms with Crippen LogP contribution in [-0.4, -0.2) is 28.5 Å². The number of hydrogen-bond acceptors (Lipinski definition) is 4. The number of hydrogen-bond donors (Lipinski definition) is 2. The van der Waals surface area contributed by atoms with Crippen LogP contribution < -0.4 is 5.32 Å². The molecule has 0 unspecified atom stereocenters. The molecule has 1 aromatic heterocycles. The number of aromatic nitrogens is 1. The molecule has 2 aromatic rings. The fraction of sp³-hybridized carbons (Fsp3) is 0.267. The lowest BCUT2D eigenvalue weighted by Gasteiger charge is -2.10. The van der Waals surface area contributed by atoms with Crippen LogP contribution in [0.4, 0.5) is 0 Å². The van der Waals surface area contributed by atoms with E-state index in [2.05, 4.69) is 10.3 Å². The van der Waals surface area contributed by atoms with Crippen molar-refractivity contribution in [2.45, 2.75) is 19.8 Å². The molecular formula is C15H16N2O3S. The molecule has 0 aliphatic heterocycles. The van der Waals surface area contributed by atoms with E-state index in [4.69, 9.17) is 5.11 Å². The number of aryl methyl sites for hydroxylation is 1. The van der Waals surface area contributed by atoms with E-state index in [1.54, 1.807) is 11.3 Å². The summed E-state index contributed by atoms with van der Waals surface area (Å²) in [7, 11) is 0. The number of carboxylic acids is 1. The average Bonchev–Trinajstić information content (AvgIpc) is 2.91. The van der Waals surface area contributed by atoms with Crippen LogP contribution in [0.5, 0.6) is 0 Å². The fourth-order valence-electron chi connectivity index (χ4n) is 1.80. The standard InChI is InChI=1S/C15H16N2O3S/c1-9(14-17-10(2)8-21-14)7-16-13(18)11-3-5-12(6-4-11)15(19)20/h3-6,8-9H,7H2,1-2H3,(H,16,18)(H,19,20)/t9-/m1/s1. The normalized spacial score (nSPS) is 11.9. The number of carboxylic acid groups (broad SMARTS) is 1. The van der Waals surface area contributed by atoms with Gasteiger partial charge >= 0.3 is 5.97 Å². The molecule has 1 aromatic carbocycles. The summed E-state index contributed by atoms with van der Waals surface area (Å²) in [5, 5.41) is 14.6. The van der Waals surface area contributed by atoms with Gasteiger partial charge in [-0.05, 0) is 31.2 Å². The summed E-state index contributed by atoms with van der Waals surface area (Å²) in [5.74, 6) is -1.08. The third-order valence-corrected chi connectivity index (χ3v) is 4.22. The Morgan fingerprint density at radius 3 is 2.43 bits per heavy atom. The summed E-state index contributed by atoms with van der Waals surface area (Å²) in [6.45, 7) is 4.44. The SMILES string of the molecule is Cc1csc([C@H](C)CNC(=O)c2ccc(C(=O)O)cc2)n1. The second-order valence-electron chi connectivity index (χ2n) is 4.82. The Morgan fingerprint density at radius 2 is 1.90 bits per heavy atom. The number of nitrogens with one attached hydrogen (secondary N) is 1. The van der Waals surface area contributed by atoms with Crippen LogP contribution in [0.25, 0.3) is 0 Å². The molecule has 5 nitrogen and oxygen atoms in total. The van der Waals surface area contributed by atoms with E-state index < -0.39 is 5.97 Å². The van der Waals surface area contributed by atoms with Gasteiger partial charge in [0.15, 0.2) is 0 Å². The largest absolute Gasteiger partial charge is 0.478 e. The predicted molar refractivity (Wildman–Crippen MR) is 81.0 cm³/mol. The molecule has 21 heavy (non-hydrogen) atoms. The number of rotatable bonds is 5. The van der Waals surface area contributed by atoms with E-state index >= 15 is 0 Å². The molecule has 0 saturated carbocycles. The minimum absolute atomic E-state index is 0.144. The Hall–Kier alpha value is -2.21. The second kappa shape index (κ2) is 6.49. The first-order valence-corrected chi connectivity index (χ1v) is 7.39. The summed E-state index contributed by atoms with van der Waals surface area (Å²) in [6.07, 6.45) is 0. The van der Waals surface area contributed by atoms with Gasteiger partial charge in [0.05, 0.1) is 10.6 Å². The molecule has 0 spiro atoms. The van der Waals surface area contributed by atoms with E-state index in [0.717, 1.165) is 10.7 Å². The van der Waals surface area contributed by atoms with Crippen molar-refractivity contribution in [1.82, 2.24) is 10.3 Å². The Labute approximate surface area is 126 Å². The Morgan fingerprint density at radius 1 is 1.29 bits per heavy atom. The Balaban J connectivity index is 1.93. The van der Waals surface area contributed by atoms with Gasteiger partial charge in [-0.25, -0.2) is 9.78 Å². The van der Waals surface area contributed by atoms with Crippen molar-refractivity contribution < 1.29 is 14.7 Å². The van der Waals surface area contributed by atoms with Crippen LogP contribution in [0, 0.1) is 6.92 Å². The lowest BCUT2D eigenvalue weighted by molar-refractivity contribution is 0.0696. The minimum Gasteiger partial charge on any atom is -0.478 e. The number of aromatic carboxylic acids is 1. The number of nitrogens with zero attached hydrogens (tertiary/aromatic N) is 1. The smallest absolute Gasteiger partial charge is 0.335 e. The van der Waals surface area contributed by atoms with Crippen molar-refractivity contribution in [2.24, 2.45) is 0 Å². The van der Waals surface area contributed by atoms with Gasteiger partial charge in [-0.1, -0.05) is 6.92 Å². The van der Waals surface area contributed by atoms with Gasteiger partial charge in [0, 0.05) is 29.1 Å². The van der Waals surface area contributed by atoms with E-state index in [-0.39, 0.29) is 17.4 Å². The van der Waals surface area contributed by atoms with E-state index in [0.29, 0.717) is 12.1 Å². The van der Waals surface area contributed by atoms with Crippen LogP contribution >= 0.6 is 11.3 Å². The van der Waals surface area contributed by atoms with Crippen molar-refractivity contribution in [3.8, 4) is 0 Å². The molecule has 1 atom stereocenters. The molecule has 0 fully saturated rings. The highest BCUT2D eigenvalue weighted by molar-refractivity contribution is 7.09. The molecule has 6 heteroatoms. The molecular weight excluding hydrogens is 288 g/mol. The van der Waals surface area contributed by atoms with Crippen LogP contribution in [0.15, 0.2) is 29.6 Å². The zero-order valence-corrected chi connectivity index (χ0v) is 12.6. The first kappa shape index (κ1) is 15.2. The molecule has 1 amide bonds. The molecule has 0 aliphatic rings. The van der Waals surface area contributed by atoms with Gasteiger partial charge in [-0.2, -0.15) is 0 Å². The molecule has 1 heterocycles.